The van der Waals surface area contributed by atoms with E-state index in [1.165, 1.54) is 11.4 Å². The first kappa shape index (κ1) is 19.1. The highest BCUT2D eigenvalue weighted by Crippen LogP contribution is 2.33. The summed E-state index contributed by atoms with van der Waals surface area (Å²) >= 11 is -2.33. The van der Waals surface area contributed by atoms with Gasteiger partial charge in [-0.15, -0.1) is 0 Å². The maximum absolute atomic E-state index is 12.1. The summed E-state index contributed by atoms with van der Waals surface area (Å²) < 4.78 is 32.9. The van der Waals surface area contributed by atoms with Crippen LogP contribution in [-0.2, 0) is 25.5 Å². The molecule has 2 rings (SSSR count). The van der Waals surface area contributed by atoms with Gasteiger partial charge in [0, 0.05) is 6.42 Å². The van der Waals surface area contributed by atoms with Gasteiger partial charge in [0.25, 0.3) is 17.7 Å². The van der Waals surface area contributed by atoms with E-state index in [9.17, 15) is 18.4 Å². The Morgan fingerprint density at radius 3 is 2.88 bits per heavy atom. The molecule has 0 spiro atoms. The fourth-order valence-electron chi connectivity index (χ4n) is 2.99. The van der Waals surface area contributed by atoms with Crippen molar-refractivity contribution in [3.63, 3.8) is 0 Å². The lowest BCUT2D eigenvalue weighted by Gasteiger charge is -2.34. The van der Waals surface area contributed by atoms with Gasteiger partial charge in [0.1, 0.15) is 0 Å². The second kappa shape index (κ2) is 9.33. The number of para-hydroxylation sites is 1. The molecule has 2 unspecified atom stereocenters. The van der Waals surface area contributed by atoms with Gasteiger partial charge in [0.15, 0.2) is 0 Å². The number of methoxy groups -OCH3 is 1. The number of ether oxygens (including phenoxy) is 2. The van der Waals surface area contributed by atoms with E-state index in [1.807, 2.05) is 6.08 Å². The van der Waals surface area contributed by atoms with Crippen LogP contribution in [0.25, 0.3) is 0 Å². The third kappa shape index (κ3) is 4.67. The van der Waals surface area contributed by atoms with Crippen LogP contribution in [0, 0.1) is 0 Å². The summed E-state index contributed by atoms with van der Waals surface area (Å²) in [5.41, 5.74) is 1.47. The Labute approximate surface area is 149 Å². The second-order valence-electron chi connectivity index (χ2n) is 5.51. The molecule has 25 heavy (non-hydrogen) atoms. The lowest BCUT2D eigenvalue weighted by atomic mass is 9.91. The number of anilines is 1. The average molecular weight is 367 g/mol. The molecular weight excluding hydrogens is 346 g/mol. The molecule has 0 saturated carbocycles. The first-order chi connectivity index (χ1) is 12.1. The molecule has 7 nitrogen and oxygen atoms in total. The highest BCUT2D eigenvalue weighted by Gasteiger charge is 2.31. The largest absolute Gasteiger partial charge is 0.468 e. The van der Waals surface area contributed by atoms with Crippen LogP contribution in [0.3, 0.4) is 0 Å². The fraction of sp³-hybridized carbons (Fsp3) is 0.412. The van der Waals surface area contributed by atoms with E-state index in [2.05, 4.69) is 0 Å². The third-order valence-electron chi connectivity index (χ3n) is 4.09. The van der Waals surface area contributed by atoms with Crippen molar-refractivity contribution in [2.75, 3.05) is 18.0 Å². The average Bonchev–Trinajstić information content (AvgIpc) is 2.63. The first-order valence-electron chi connectivity index (χ1n) is 7.91. The smallest absolute Gasteiger partial charge is 0.340 e. The minimum absolute atomic E-state index is 0.205. The molecule has 0 aromatic heterocycles. The Bertz CT molecular complexity index is 675. The molecular formula is C17H21NO6S. The van der Waals surface area contributed by atoms with Crippen LogP contribution in [0.1, 0.15) is 36.0 Å². The summed E-state index contributed by atoms with van der Waals surface area (Å²) in [6, 6.07) is 6.19. The third-order valence-corrected chi connectivity index (χ3v) is 4.88. The van der Waals surface area contributed by atoms with Gasteiger partial charge in [-0.05, 0) is 37.0 Å². The zero-order valence-electron chi connectivity index (χ0n) is 13.9. The maximum Gasteiger partial charge on any atom is 0.340 e. The van der Waals surface area contributed by atoms with Crippen molar-refractivity contribution in [2.45, 2.75) is 31.7 Å². The van der Waals surface area contributed by atoms with Gasteiger partial charge in [0.2, 0.25) is 0 Å². The lowest BCUT2D eigenvalue weighted by molar-refractivity contribution is -0.128. The van der Waals surface area contributed by atoms with Gasteiger partial charge in [0.05, 0.1) is 31.0 Å². The molecule has 0 saturated heterocycles. The van der Waals surface area contributed by atoms with Crippen LogP contribution in [0.4, 0.5) is 5.69 Å². The molecule has 2 atom stereocenters. The minimum Gasteiger partial charge on any atom is -0.468 e. The van der Waals surface area contributed by atoms with Crippen LogP contribution >= 0.6 is 0 Å². The summed E-state index contributed by atoms with van der Waals surface area (Å²) in [6.45, 7) is 0.587. The van der Waals surface area contributed by atoms with Crippen molar-refractivity contribution in [1.82, 2.24) is 0 Å². The summed E-state index contributed by atoms with van der Waals surface area (Å²) in [5.74, 6) is -0.573. The molecule has 1 N–H and O–H groups in total. The van der Waals surface area contributed by atoms with E-state index < -0.39 is 17.2 Å². The van der Waals surface area contributed by atoms with E-state index >= 15 is 0 Å². The highest BCUT2D eigenvalue weighted by molar-refractivity contribution is 7.80. The van der Waals surface area contributed by atoms with E-state index in [0.29, 0.717) is 25.0 Å². The van der Waals surface area contributed by atoms with Crippen LogP contribution < -0.4 is 4.31 Å². The number of hydrogen-bond donors (Lipinski definition) is 1. The predicted octanol–water partition coefficient (Wildman–Crippen LogP) is 2.46. The molecule has 1 aromatic rings. The molecule has 0 aliphatic heterocycles. The standard InChI is InChI=1S/C17H21NO6S/c1-23-17(20)14-7-3-5-9-16(14)18(25(21)22)15-8-4-2-6-13(15)10-11-24-12-19/h3,5-7,9,12,15H,2,4,8,10-11H2,1H3,(H,21,22). The molecule has 8 heteroatoms. The SMILES string of the molecule is COC(=O)c1ccccc1N(C1CCCC=C1CCOC=O)S(=O)O. The summed E-state index contributed by atoms with van der Waals surface area (Å²) in [4.78, 5) is 22.4. The van der Waals surface area contributed by atoms with Crippen molar-refractivity contribution >= 4 is 29.4 Å². The van der Waals surface area contributed by atoms with E-state index in [4.69, 9.17) is 9.47 Å². The molecule has 0 heterocycles. The molecule has 0 fully saturated rings. The van der Waals surface area contributed by atoms with Gasteiger partial charge in [-0.1, -0.05) is 18.2 Å². The number of carbonyl (C=O) groups is 2. The number of esters is 1. The Hall–Kier alpha value is -2.19. The summed E-state index contributed by atoms with van der Waals surface area (Å²) in [5, 5.41) is 0. The topological polar surface area (TPSA) is 93.1 Å². The molecule has 0 amide bonds. The van der Waals surface area contributed by atoms with Gasteiger partial charge < -0.3 is 9.47 Å². The monoisotopic (exact) mass is 367 g/mol. The number of rotatable bonds is 8. The van der Waals surface area contributed by atoms with Crippen molar-refractivity contribution in [1.29, 1.82) is 0 Å². The fourth-order valence-corrected chi connectivity index (χ4v) is 3.78. The first-order valence-corrected chi connectivity index (χ1v) is 8.98. The summed E-state index contributed by atoms with van der Waals surface area (Å²) in [7, 11) is 1.27. The Morgan fingerprint density at radius 2 is 2.20 bits per heavy atom. The normalized spacial score (nSPS) is 18.0. The summed E-state index contributed by atoms with van der Waals surface area (Å²) in [6.07, 6.45) is 4.85. The van der Waals surface area contributed by atoms with Crippen molar-refractivity contribution in [3.8, 4) is 0 Å². The lowest BCUT2D eigenvalue weighted by Crippen LogP contribution is -2.40. The van der Waals surface area contributed by atoms with Crippen LogP contribution in [0.15, 0.2) is 35.9 Å². The number of hydrogen-bond acceptors (Lipinski definition) is 5. The van der Waals surface area contributed by atoms with Crippen molar-refractivity contribution in [3.05, 3.63) is 41.5 Å². The molecule has 0 bridgehead atoms. The van der Waals surface area contributed by atoms with E-state index in [-0.39, 0.29) is 18.2 Å². The van der Waals surface area contributed by atoms with Crippen molar-refractivity contribution in [2.24, 2.45) is 0 Å². The van der Waals surface area contributed by atoms with E-state index in [1.54, 1.807) is 24.3 Å². The molecule has 136 valence electrons. The van der Waals surface area contributed by atoms with Gasteiger partial charge in [-0.25, -0.2) is 9.00 Å². The second-order valence-corrected chi connectivity index (χ2v) is 6.36. The van der Waals surface area contributed by atoms with Crippen LogP contribution in [0.5, 0.6) is 0 Å². The van der Waals surface area contributed by atoms with Gasteiger partial charge in [-0.3, -0.25) is 13.7 Å². The number of carbonyl (C=O) groups excluding carboxylic acids is 2. The molecule has 1 aliphatic rings. The number of nitrogens with zero attached hydrogens (tertiary/aromatic N) is 1. The van der Waals surface area contributed by atoms with Crippen molar-refractivity contribution < 1.29 is 27.8 Å². The van der Waals surface area contributed by atoms with E-state index in [0.717, 1.165) is 18.4 Å². The Kier molecular flexibility index (Phi) is 7.15. The number of benzene rings is 1. The van der Waals surface area contributed by atoms with Gasteiger partial charge in [-0.2, -0.15) is 0 Å². The quantitative estimate of drug-likeness (QED) is 0.249. The molecule has 1 aromatic carbocycles. The Morgan fingerprint density at radius 1 is 1.44 bits per heavy atom. The maximum atomic E-state index is 12.1. The van der Waals surface area contributed by atoms with Gasteiger partial charge >= 0.3 is 5.97 Å². The van der Waals surface area contributed by atoms with Crippen LogP contribution in [0.2, 0.25) is 0 Å². The Balaban J connectivity index is 2.39. The zero-order valence-corrected chi connectivity index (χ0v) is 14.7. The zero-order chi connectivity index (χ0) is 18.2. The van der Waals surface area contributed by atoms with Crippen LogP contribution in [-0.4, -0.2) is 41.0 Å². The molecule has 0 radical (unpaired) electrons. The minimum atomic E-state index is -2.33. The number of allylic oxidation sites excluding steroid dienone is 1. The molecule has 1 aliphatic carbocycles. The predicted molar refractivity (Wildman–Crippen MR) is 93.4 cm³/mol. The highest BCUT2D eigenvalue weighted by atomic mass is 32.2.